The molecule has 0 aliphatic rings. The van der Waals surface area contributed by atoms with E-state index in [4.69, 9.17) is 0 Å². The summed E-state index contributed by atoms with van der Waals surface area (Å²) in [5.74, 6) is 0. The molecule has 1 aromatic carbocycles. The summed E-state index contributed by atoms with van der Waals surface area (Å²) in [7, 11) is -1.70. The number of benzene rings is 1. The monoisotopic (exact) mass is 368 g/mol. The van der Waals surface area contributed by atoms with Crippen LogP contribution in [0.25, 0.3) is 22.2 Å². The van der Waals surface area contributed by atoms with Gasteiger partial charge in [-0.3, -0.25) is 4.79 Å². The van der Waals surface area contributed by atoms with Gasteiger partial charge in [0.2, 0.25) is 5.43 Å². The van der Waals surface area contributed by atoms with E-state index in [9.17, 15) is 13.2 Å². The summed E-state index contributed by atoms with van der Waals surface area (Å²) in [6, 6.07) is 4.43. The summed E-state index contributed by atoms with van der Waals surface area (Å²) in [6.45, 7) is 0. The summed E-state index contributed by atoms with van der Waals surface area (Å²) in [5.41, 5.74) is 0.928. The van der Waals surface area contributed by atoms with Gasteiger partial charge < -0.3 is 0 Å². The molecule has 0 aliphatic carbocycles. The minimum atomic E-state index is -3.35. The second-order valence-corrected chi connectivity index (χ2v) is 7.33. The number of rotatable bonds is 1. The van der Waals surface area contributed by atoms with Crippen LogP contribution >= 0.6 is 15.9 Å². The van der Waals surface area contributed by atoms with E-state index >= 15 is 0 Å². The molecule has 7 nitrogen and oxygen atoms in total. The number of fused-ring (bicyclic) bond motifs is 2. The number of hydrogen-bond acceptors (Lipinski definition) is 6. The molecule has 0 saturated heterocycles. The lowest BCUT2D eigenvalue weighted by molar-refractivity contribution is 0.602. The molecule has 0 unspecified atom stereocenters. The van der Waals surface area contributed by atoms with E-state index in [2.05, 4.69) is 31.0 Å². The molecule has 0 aliphatic heterocycles. The van der Waals surface area contributed by atoms with Gasteiger partial charge in [0.1, 0.15) is 0 Å². The van der Waals surface area contributed by atoms with Gasteiger partial charge in [-0.05, 0) is 34.1 Å². The Labute approximate surface area is 127 Å². The zero-order chi connectivity index (χ0) is 15.4. The number of nitrogens with zero attached hydrogens (tertiary/aromatic N) is 4. The molecule has 0 saturated carbocycles. The third kappa shape index (κ3) is 2.32. The molecule has 0 bridgehead atoms. The molecular weight excluding hydrogens is 360 g/mol. The highest BCUT2D eigenvalue weighted by atomic mass is 79.9. The van der Waals surface area contributed by atoms with Crippen LogP contribution in [0.3, 0.4) is 0 Å². The van der Waals surface area contributed by atoms with Crippen molar-refractivity contribution >= 4 is 48.0 Å². The fourth-order valence-corrected chi connectivity index (χ4v) is 3.02. The number of aryl methyl sites for hydroxylation is 1. The van der Waals surface area contributed by atoms with Crippen molar-refractivity contribution in [1.82, 2.24) is 19.7 Å². The van der Waals surface area contributed by atoms with E-state index in [1.165, 1.54) is 16.8 Å². The minimum Gasteiger partial charge on any atom is -0.284 e. The maximum absolute atomic E-state index is 12.1. The highest BCUT2D eigenvalue weighted by molar-refractivity contribution is 9.10. The second-order valence-electron chi connectivity index (χ2n) is 4.56. The van der Waals surface area contributed by atoms with Gasteiger partial charge in [-0.15, -0.1) is 0 Å². The van der Waals surface area contributed by atoms with E-state index in [1.807, 2.05) is 0 Å². The number of sulfone groups is 1. The lowest BCUT2D eigenvalue weighted by Crippen LogP contribution is -2.15. The highest BCUT2D eigenvalue weighted by Gasteiger charge is 2.13. The number of aromatic nitrogens is 4. The molecule has 2 aromatic heterocycles. The molecule has 0 spiro atoms. The second kappa shape index (κ2) is 4.57. The van der Waals surface area contributed by atoms with Gasteiger partial charge in [0.15, 0.2) is 25.6 Å². The quantitative estimate of drug-likeness (QED) is 0.595. The van der Waals surface area contributed by atoms with Crippen molar-refractivity contribution in [3.05, 3.63) is 33.0 Å². The largest absolute Gasteiger partial charge is 0.284 e. The van der Waals surface area contributed by atoms with E-state index in [-0.39, 0.29) is 20.4 Å². The molecule has 3 rings (SSSR count). The Morgan fingerprint density at radius 2 is 1.90 bits per heavy atom. The van der Waals surface area contributed by atoms with Crippen LogP contribution in [-0.2, 0) is 16.9 Å². The van der Waals surface area contributed by atoms with Crippen molar-refractivity contribution in [3.63, 3.8) is 0 Å². The van der Waals surface area contributed by atoms with Gasteiger partial charge in [-0.1, -0.05) is 0 Å². The molecule has 0 radical (unpaired) electrons. The Balaban J connectivity index is 2.48. The van der Waals surface area contributed by atoms with Gasteiger partial charge >= 0.3 is 0 Å². The van der Waals surface area contributed by atoms with Crippen LogP contribution in [0, 0.1) is 0 Å². The molecule has 3 aromatic rings. The van der Waals surface area contributed by atoms with Crippen molar-refractivity contribution < 1.29 is 8.42 Å². The third-order valence-electron chi connectivity index (χ3n) is 2.99. The molecule has 0 atom stereocenters. The van der Waals surface area contributed by atoms with E-state index in [1.54, 1.807) is 13.1 Å². The molecule has 21 heavy (non-hydrogen) atoms. The van der Waals surface area contributed by atoms with Gasteiger partial charge in [0, 0.05) is 13.3 Å². The molecule has 2 heterocycles. The highest BCUT2D eigenvalue weighted by Crippen LogP contribution is 2.18. The summed E-state index contributed by atoms with van der Waals surface area (Å²) in [4.78, 5) is 20.8. The summed E-state index contributed by atoms with van der Waals surface area (Å²) < 4.78 is 24.7. The van der Waals surface area contributed by atoms with Crippen molar-refractivity contribution in [2.24, 2.45) is 7.05 Å². The van der Waals surface area contributed by atoms with Gasteiger partial charge in [-0.25, -0.2) is 23.1 Å². The van der Waals surface area contributed by atoms with Gasteiger partial charge in [-0.2, -0.15) is 5.10 Å². The Morgan fingerprint density at radius 3 is 2.57 bits per heavy atom. The SMILES string of the molecule is Cn1nc(Br)c(=O)c2nc3cc(S(C)(=O)=O)ccc3nc21. The predicted molar refractivity (Wildman–Crippen MR) is 80.9 cm³/mol. The first kappa shape index (κ1) is 14.1. The summed E-state index contributed by atoms with van der Waals surface area (Å²) >= 11 is 3.07. The molecular formula is C12H9BrN4O3S. The van der Waals surface area contributed by atoms with Crippen molar-refractivity contribution in [1.29, 1.82) is 0 Å². The average Bonchev–Trinajstić information content (AvgIpc) is 2.42. The van der Waals surface area contributed by atoms with E-state index in [0.29, 0.717) is 16.7 Å². The Morgan fingerprint density at radius 1 is 1.19 bits per heavy atom. The first-order valence-electron chi connectivity index (χ1n) is 5.82. The van der Waals surface area contributed by atoms with Crippen LogP contribution < -0.4 is 5.43 Å². The zero-order valence-electron chi connectivity index (χ0n) is 11.0. The van der Waals surface area contributed by atoms with Crippen molar-refractivity contribution in [3.8, 4) is 0 Å². The van der Waals surface area contributed by atoms with E-state index < -0.39 is 9.84 Å². The molecule has 9 heteroatoms. The van der Waals surface area contributed by atoms with Crippen LogP contribution in [0.4, 0.5) is 0 Å². The van der Waals surface area contributed by atoms with Crippen molar-refractivity contribution in [2.45, 2.75) is 4.90 Å². The fraction of sp³-hybridized carbons (Fsp3) is 0.167. The van der Waals surface area contributed by atoms with Gasteiger partial charge in [0.25, 0.3) is 0 Å². The first-order chi connectivity index (χ1) is 9.77. The van der Waals surface area contributed by atoms with Crippen LogP contribution in [0.1, 0.15) is 0 Å². The first-order valence-corrected chi connectivity index (χ1v) is 8.50. The Kier molecular flexibility index (Phi) is 3.06. The molecule has 0 N–H and O–H groups in total. The van der Waals surface area contributed by atoms with Crippen molar-refractivity contribution in [2.75, 3.05) is 6.26 Å². The lowest BCUT2D eigenvalue weighted by Gasteiger charge is -2.06. The smallest absolute Gasteiger partial charge is 0.242 e. The lowest BCUT2D eigenvalue weighted by atomic mass is 10.3. The van der Waals surface area contributed by atoms with E-state index in [0.717, 1.165) is 6.26 Å². The molecule has 108 valence electrons. The number of hydrogen-bond donors (Lipinski definition) is 0. The predicted octanol–water partition coefficient (Wildman–Crippen LogP) is 1.04. The molecule has 0 amide bonds. The minimum absolute atomic E-state index is 0.130. The average molecular weight is 369 g/mol. The van der Waals surface area contributed by atoms with Crippen LogP contribution in [0.2, 0.25) is 0 Å². The standard InChI is InChI=1S/C12H9BrN4O3S/c1-17-12-9(10(18)11(13)16-17)14-8-5-6(21(2,19)20)3-4-7(8)15-12/h3-5H,1-2H3. The van der Waals surface area contributed by atoms with Crippen LogP contribution in [-0.4, -0.2) is 34.4 Å². The number of halogens is 1. The maximum Gasteiger partial charge on any atom is 0.242 e. The Bertz CT molecular complexity index is 1060. The zero-order valence-corrected chi connectivity index (χ0v) is 13.4. The summed E-state index contributed by atoms with van der Waals surface area (Å²) in [6.07, 6.45) is 1.11. The third-order valence-corrected chi connectivity index (χ3v) is 4.62. The normalized spacial score (nSPS) is 12.1. The van der Waals surface area contributed by atoms with Gasteiger partial charge in [0.05, 0.1) is 15.9 Å². The van der Waals surface area contributed by atoms with Crippen LogP contribution in [0.5, 0.6) is 0 Å². The topological polar surface area (TPSA) is 94.8 Å². The fourth-order valence-electron chi connectivity index (χ4n) is 1.96. The summed E-state index contributed by atoms with van der Waals surface area (Å²) in [5, 5.41) is 3.99. The molecule has 0 fully saturated rings. The maximum atomic E-state index is 12.1. The van der Waals surface area contributed by atoms with Crippen LogP contribution in [0.15, 0.2) is 32.5 Å². The Hall–Kier alpha value is -1.87.